The normalized spacial score (nSPS) is 13.6. The van der Waals surface area contributed by atoms with Crippen molar-refractivity contribution in [3.05, 3.63) is 0 Å². The van der Waals surface area contributed by atoms with Crippen LogP contribution in [0.25, 0.3) is 0 Å². The minimum Gasteiger partial charge on any atom is -0.0654 e. The van der Waals surface area contributed by atoms with Crippen LogP contribution in [-0.2, 0) is 0 Å². The van der Waals surface area contributed by atoms with Crippen molar-refractivity contribution < 1.29 is 0 Å². The molecule has 0 heterocycles. The molecule has 0 nitrogen and oxygen atoms in total. The first-order valence-corrected chi connectivity index (χ1v) is 14.8. The quantitative estimate of drug-likeness (QED) is 0.128. The summed E-state index contributed by atoms with van der Waals surface area (Å²) in [4.78, 5) is 0. The molecule has 0 bridgehead atoms. The van der Waals surface area contributed by atoms with Crippen molar-refractivity contribution in [1.29, 1.82) is 0 Å². The summed E-state index contributed by atoms with van der Waals surface area (Å²) in [6.45, 7) is 9.36. The molecule has 0 heteroatoms. The van der Waals surface area contributed by atoms with Crippen LogP contribution in [0.15, 0.2) is 0 Å². The molecular weight excluding hydrogens is 360 g/mol. The number of hydrogen-bond donors (Lipinski definition) is 0. The van der Waals surface area contributed by atoms with Crippen molar-refractivity contribution in [1.82, 2.24) is 0 Å². The highest BCUT2D eigenvalue weighted by molar-refractivity contribution is 4.67. The van der Waals surface area contributed by atoms with E-state index in [2.05, 4.69) is 27.7 Å². The molecule has 0 radical (unpaired) electrons. The molecule has 30 heavy (non-hydrogen) atoms. The zero-order valence-electron chi connectivity index (χ0n) is 22.1. The monoisotopic (exact) mass is 422 g/mol. The molecule has 0 spiro atoms. The topological polar surface area (TPSA) is 0 Å². The molecule has 0 aliphatic rings. The SMILES string of the molecule is CCCCCCCCC(CCCCC)CCC(CCCCC)CCCCCCCC. The Hall–Kier alpha value is 0. The third kappa shape index (κ3) is 21.2. The van der Waals surface area contributed by atoms with Gasteiger partial charge < -0.3 is 0 Å². The maximum absolute atomic E-state index is 2.35. The van der Waals surface area contributed by atoms with E-state index in [1.807, 2.05) is 0 Å². The Bertz CT molecular complexity index is 264. The summed E-state index contributed by atoms with van der Waals surface area (Å²) in [6, 6.07) is 0. The summed E-state index contributed by atoms with van der Waals surface area (Å²) >= 11 is 0. The predicted octanol–water partition coefficient (Wildman–Crippen LogP) is 11.7. The molecule has 0 saturated carbocycles. The molecule has 0 rings (SSSR count). The highest BCUT2D eigenvalue weighted by Gasteiger charge is 2.14. The fourth-order valence-electron chi connectivity index (χ4n) is 5.13. The minimum absolute atomic E-state index is 1.03. The van der Waals surface area contributed by atoms with Crippen molar-refractivity contribution in [3.63, 3.8) is 0 Å². The lowest BCUT2D eigenvalue weighted by molar-refractivity contribution is 0.310. The van der Waals surface area contributed by atoms with E-state index in [4.69, 9.17) is 0 Å². The van der Waals surface area contributed by atoms with E-state index in [9.17, 15) is 0 Å². The molecule has 0 amide bonds. The Balaban J connectivity index is 4.28. The summed E-state index contributed by atoms with van der Waals surface area (Å²) < 4.78 is 0. The highest BCUT2D eigenvalue weighted by Crippen LogP contribution is 2.29. The van der Waals surface area contributed by atoms with Crippen LogP contribution in [0.5, 0.6) is 0 Å². The lowest BCUT2D eigenvalue weighted by Gasteiger charge is -2.22. The van der Waals surface area contributed by atoms with Gasteiger partial charge in [-0.3, -0.25) is 0 Å². The summed E-state index contributed by atoms with van der Waals surface area (Å²) in [5.74, 6) is 2.06. The largest absolute Gasteiger partial charge is 0.0654 e. The second-order valence-corrected chi connectivity index (χ2v) is 10.4. The highest BCUT2D eigenvalue weighted by atomic mass is 14.2. The van der Waals surface area contributed by atoms with Crippen molar-refractivity contribution in [2.24, 2.45) is 11.8 Å². The van der Waals surface area contributed by atoms with E-state index in [1.165, 1.54) is 154 Å². The van der Waals surface area contributed by atoms with Gasteiger partial charge in [0.25, 0.3) is 0 Å². The molecule has 0 N–H and O–H groups in total. The number of unbranched alkanes of at least 4 members (excludes halogenated alkanes) is 14. The zero-order valence-corrected chi connectivity index (χ0v) is 22.1. The van der Waals surface area contributed by atoms with Crippen LogP contribution in [0, 0.1) is 11.8 Å². The standard InChI is InChI=1S/C30H62/c1-5-9-13-15-17-21-25-29(23-19-11-7-3)27-28-30(24-20-12-8-4)26-22-18-16-14-10-6-2/h29-30H,5-28H2,1-4H3. The van der Waals surface area contributed by atoms with Crippen molar-refractivity contribution in [3.8, 4) is 0 Å². The Kier molecular flexibility index (Phi) is 25.3. The smallest absolute Gasteiger partial charge is 0.0414 e. The number of hydrogen-bond acceptors (Lipinski definition) is 0. The van der Waals surface area contributed by atoms with Gasteiger partial charge in [-0.25, -0.2) is 0 Å². The Morgan fingerprint density at radius 3 is 0.833 bits per heavy atom. The van der Waals surface area contributed by atoms with E-state index in [1.54, 1.807) is 0 Å². The zero-order chi connectivity index (χ0) is 22.1. The lowest BCUT2D eigenvalue weighted by atomic mass is 9.84. The second-order valence-electron chi connectivity index (χ2n) is 10.4. The van der Waals surface area contributed by atoms with Crippen molar-refractivity contribution in [2.75, 3.05) is 0 Å². The molecule has 0 aromatic heterocycles. The maximum atomic E-state index is 2.35. The molecule has 182 valence electrons. The Morgan fingerprint density at radius 1 is 0.267 bits per heavy atom. The van der Waals surface area contributed by atoms with Crippen LogP contribution in [0.3, 0.4) is 0 Å². The van der Waals surface area contributed by atoms with Gasteiger partial charge in [-0.1, -0.05) is 182 Å². The van der Waals surface area contributed by atoms with Gasteiger partial charge in [-0.15, -0.1) is 0 Å². The summed E-state index contributed by atoms with van der Waals surface area (Å²) in [5, 5.41) is 0. The van der Waals surface area contributed by atoms with Crippen LogP contribution >= 0.6 is 0 Å². The molecule has 0 aliphatic carbocycles. The van der Waals surface area contributed by atoms with E-state index in [-0.39, 0.29) is 0 Å². The van der Waals surface area contributed by atoms with Gasteiger partial charge >= 0.3 is 0 Å². The number of rotatable bonds is 25. The van der Waals surface area contributed by atoms with Crippen LogP contribution in [0.2, 0.25) is 0 Å². The van der Waals surface area contributed by atoms with Gasteiger partial charge in [0, 0.05) is 0 Å². The van der Waals surface area contributed by atoms with Gasteiger partial charge in [0.15, 0.2) is 0 Å². The molecule has 0 aromatic carbocycles. The molecule has 2 atom stereocenters. The van der Waals surface area contributed by atoms with E-state index in [0.29, 0.717) is 0 Å². The Morgan fingerprint density at radius 2 is 0.500 bits per heavy atom. The molecule has 0 saturated heterocycles. The predicted molar refractivity (Wildman–Crippen MR) is 140 cm³/mol. The second kappa shape index (κ2) is 25.3. The first kappa shape index (κ1) is 30.0. The first-order chi connectivity index (χ1) is 14.8. The fraction of sp³-hybridized carbons (Fsp3) is 1.00. The lowest BCUT2D eigenvalue weighted by Crippen LogP contribution is -2.07. The summed E-state index contributed by atoms with van der Waals surface area (Å²) in [6.07, 6.45) is 35.3. The summed E-state index contributed by atoms with van der Waals surface area (Å²) in [5.41, 5.74) is 0. The van der Waals surface area contributed by atoms with Crippen LogP contribution in [0.4, 0.5) is 0 Å². The Labute approximate surface area is 193 Å². The van der Waals surface area contributed by atoms with Crippen LogP contribution in [-0.4, -0.2) is 0 Å². The molecule has 0 aromatic rings. The van der Waals surface area contributed by atoms with Crippen LogP contribution in [0.1, 0.15) is 182 Å². The van der Waals surface area contributed by atoms with Gasteiger partial charge in [-0.2, -0.15) is 0 Å². The fourth-order valence-corrected chi connectivity index (χ4v) is 5.13. The molecule has 0 fully saturated rings. The van der Waals surface area contributed by atoms with Gasteiger partial charge in [0.05, 0.1) is 0 Å². The maximum Gasteiger partial charge on any atom is -0.0414 e. The van der Waals surface area contributed by atoms with Gasteiger partial charge in [-0.05, 0) is 11.8 Å². The van der Waals surface area contributed by atoms with E-state index < -0.39 is 0 Å². The average Bonchev–Trinajstić information content (AvgIpc) is 2.75. The van der Waals surface area contributed by atoms with E-state index in [0.717, 1.165) is 11.8 Å². The molecule has 2 unspecified atom stereocenters. The van der Waals surface area contributed by atoms with Crippen molar-refractivity contribution in [2.45, 2.75) is 182 Å². The van der Waals surface area contributed by atoms with Gasteiger partial charge in [0.1, 0.15) is 0 Å². The first-order valence-electron chi connectivity index (χ1n) is 14.8. The average molecular weight is 423 g/mol. The third-order valence-corrected chi connectivity index (χ3v) is 7.35. The molecule has 0 aliphatic heterocycles. The minimum atomic E-state index is 1.03. The summed E-state index contributed by atoms with van der Waals surface area (Å²) in [7, 11) is 0. The molecular formula is C30H62. The van der Waals surface area contributed by atoms with E-state index >= 15 is 0 Å². The third-order valence-electron chi connectivity index (χ3n) is 7.35. The van der Waals surface area contributed by atoms with Crippen LogP contribution < -0.4 is 0 Å². The van der Waals surface area contributed by atoms with Gasteiger partial charge in [0.2, 0.25) is 0 Å². The van der Waals surface area contributed by atoms with Crippen molar-refractivity contribution >= 4 is 0 Å².